The zero-order chi connectivity index (χ0) is 24.6. The summed E-state index contributed by atoms with van der Waals surface area (Å²) in [6, 6.07) is 12.5. The lowest BCUT2D eigenvalue weighted by atomic mass is 10.2. The van der Waals surface area contributed by atoms with Gasteiger partial charge in [-0.1, -0.05) is 17.7 Å². The predicted molar refractivity (Wildman–Crippen MR) is 129 cm³/mol. The second-order valence-electron chi connectivity index (χ2n) is 9.39. The molecular weight excluding hydrogens is 456 g/mol. The maximum atomic E-state index is 13.6. The molecule has 0 spiro atoms. The smallest absolute Gasteiger partial charge is 0.410 e. The number of methoxy groups -OCH3 is 1. The number of fused-ring (bicyclic) bond motifs is 1. The highest BCUT2D eigenvalue weighted by Gasteiger charge is 2.33. The zero-order valence-electron chi connectivity index (χ0n) is 19.7. The molecule has 2 heterocycles. The van der Waals surface area contributed by atoms with Crippen molar-refractivity contribution in [3.8, 4) is 11.8 Å². The van der Waals surface area contributed by atoms with E-state index in [4.69, 9.17) is 21.1 Å². The number of amides is 1. The molecule has 1 saturated heterocycles. The van der Waals surface area contributed by atoms with Gasteiger partial charge in [-0.3, -0.25) is 9.13 Å². The predicted octanol–water partition coefficient (Wildman–Crippen LogP) is 4.57. The highest BCUT2D eigenvalue weighted by molar-refractivity contribution is 6.32. The van der Waals surface area contributed by atoms with Crippen molar-refractivity contribution in [1.82, 2.24) is 14.0 Å². The van der Waals surface area contributed by atoms with Crippen molar-refractivity contribution in [3.05, 3.63) is 63.0 Å². The Kier molecular flexibility index (Phi) is 6.32. The monoisotopic (exact) mass is 482 g/mol. The second kappa shape index (κ2) is 9.07. The van der Waals surface area contributed by atoms with Gasteiger partial charge in [0.05, 0.1) is 47.4 Å². The van der Waals surface area contributed by atoms with Crippen molar-refractivity contribution in [3.63, 3.8) is 0 Å². The molecular formula is C25H27ClN4O4. The molecule has 34 heavy (non-hydrogen) atoms. The fourth-order valence-electron chi connectivity index (χ4n) is 4.29. The van der Waals surface area contributed by atoms with Gasteiger partial charge in [0.1, 0.15) is 11.4 Å². The molecule has 178 valence electrons. The Morgan fingerprint density at radius 3 is 2.62 bits per heavy atom. The van der Waals surface area contributed by atoms with Gasteiger partial charge in [-0.2, -0.15) is 5.26 Å². The van der Waals surface area contributed by atoms with Gasteiger partial charge in [-0.25, -0.2) is 9.59 Å². The maximum absolute atomic E-state index is 13.6. The number of nitrogens with zero attached hydrogens (tertiary/aromatic N) is 4. The normalized spacial score (nSPS) is 16.0. The van der Waals surface area contributed by atoms with E-state index < -0.39 is 5.60 Å². The number of imidazole rings is 1. The van der Waals surface area contributed by atoms with E-state index in [9.17, 15) is 14.9 Å². The number of benzene rings is 2. The van der Waals surface area contributed by atoms with Crippen LogP contribution in [0.4, 0.5) is 4.79 Å². The maximum Gasteiger partial charge on any atom is 0.410 e. The summed E-state index contributed by atoms with van der Waals surface area (Å²) in [4.78, 5) is 27.8. The molecule has 1 aliphatic rings. The molecule has 0 saturated carbocycles. The topological polar surface area (TPSA) is 89.5 Å². The molecule has 1 amide bonds. The van der Waals surface area contributed by atoms with Gasteiger partial charge in [-0.05, 0) is 63.1 Å². The van der Waals surface area contributed by atoms with Gasteiger partial charge in [0.25, 0.3) is 0 Å². The molecule has 0 bridgehead atoms. The number of carbonyl (C=O) groups is 1. The van der Waals surface area contributed by atoms with E-state index in [2.05, 4.69) is 6.07 Å². The molecule has 4 rings (SSSR count). The van der Waals surface area contributed by atoms with E-state index in [-0.39, 0.29) is 24.4 Å². The SMILES string of the molecule is COc1ccc(Cn2c(=O)n([C@@H]3CCN(C(=O)OC(C)(C)C)C3)c3ccc(C#N)cc32)cc1Cl. The summed E-state index contributed by atoms with van der Waals surface area (Å²) in [6.45, 7) is 6.65. The van der Waals surface area contributed by atoms with Crippen molar-refractivity contribution in [1.29, 1.82) is 5.26 Å². The van der Waals surface area contributed by atoms with Crippen molar-refractivity contribution in [2.75, 3.05) is 20.2 Å². The number of aromatic nitrogens is 2. The third kappa shape index (κ3) is 4.62. The average Bonchev–Trinajstić information content (AvgIpc) is 3.36. The average molecular weight is 483 g/mol. The first-order valence-corrected chi connectivity index (χ1v) is 11.4. The number of likely N-dealkylation sites (tertiary alicyclic amines) is 1. The van der Waals surface area contributed by atoms with E-state index in [1.165, 1.54) is 0 Å². The summed E-state index contributed by atoms with van der Waals surface area (Å²) in [7, 11) is 1.55. The van der Waals surface area contributed by atoms with Crippen LogP contribution in [0.3, 0.4) is 0 Å². The van der Waals surface area contributed by atoms with Crippen LogP contribution in [0.1, 0.15) is 44.4 Å². The Morgan fingerprint density at radius 1 is 1.21 bits per heavy atom. The minimum atomic E-state index is -0.588. The van der Waals surface area contributed by atoms with E-state index in [0.29, 0.717) is 41.4 Å². The van der Waals surface area contributed by atoms with E-state index in [0.717, 1.165) is 11.1 Å². The van der Waals surface area contributed by atoms with Crippen molar-refractivity contribution >= 4 is 28.7 Å². The van der Waals surface area contributed by atoms with Gasteiger partial charge in [0.15, 0.2) is 0 Å². The number of carbonyl (C=O) groups excluding carboxylic acids is 1. The Balaban J connectivity index is 1.72. The van der Waals surface area contributed by atoms with Crippen LogP contribution < -0.4 is 10.4 Å². The highest BCUT2D eigenvalue weighted by Crippen LogP contribution is 2.29. The molecule has 9 heteroatoms. The second-order valence-corrected chi connectivity index (χ2v) is 9.80. The van der Waals surface area contributed by atoms with E-state index >= 15 is 0 Å². The summed E-state index contributed by atoms with van der Waals surface area (Å²) in [6.07, 6.45) is 0.249. The largest absolute Gasteiger partial charge is 0.495 e. The molecule has 1 atom stereocenters. The lowest BCUT2D eigenvalue weighted by Gasteiger charge is -2.24. The van der Waals surface area contributed by atoms with Crippen LogP contribution in [0.25, 0.3) is 11.0 Å². The standard InChI is InChI=1S/C25H27ClN4O4/c1-25(2,3)34-24(32)28-10-9-18(15-28)30-20-7-5-16(13-27)12-21(20)29(23(30)31)14-17-6-8-22(33-4)19(26)11-17/h5-8,11-12,18H,9-10,14-15H2,1-4H3/t18-/m1/s1. The van der Waals surface area contributed by atoms with Gasteiger partial charge in [-0.15, -0.1) is 0 Å². The van der Waals surface area contributed by atoms with Crippen LogP contribution in [-0.4, -0.2) is 45.9 Å². The number of halogens is 1. The van der Waals surface area contributed by atoms with Crippen LogP contribution in [0.15, 0.2) is 41.2 Å². The van der Waals surface area contributed by atoms with Crippen LogP contribution in [-0.2, 0) is 11.3 Å². The zero-order valence-corrected chi connectivity index (χ0v) is 20.4. The van der Waals surface area contributed by atoms with Crippen LogP contribution in [0.2, 0.25) is 5.02 Å². The Morgan fingerprint density at radius 2 is 1.97 bits per heavy atom. The first-order chi connectivity index (χ1) is 16.1. The van der Waals surface area contributed by atoms with E-state index in [1.54, 1.807) is 51.5 Å². The minimum absolute atomic E-state index is 0.198. The van der Waals surface area contributed by atoms with Crippen LogP contribution in [0.5, 0.6) is 5.75 Å². The molecule has 0 aliphatic carbocycles. The first kappa shape index (κ1) is 23.7. The molecule has 0 unspecified atom stereocenters. The Bertz CT molecular complexity index is 1350. The number of rotatable bonds is 4. The number of hydrogen-bond acceptors (Lipinski definition) is 5. The molecule has 1 aromatic heterocycles. The summed E-state index contributed by atoms with van der Waals surface area (Å²) in [5.74, 6) is 0.556. The third-order valence-corrected chi connectivity index (χ3v) is 6.12. The lowest BCUT2D eigenvalue weighted by molar-refractivity contribution is 0.0289. The summed E-state index contributed by atoms with van der Waals surface area (Å²) in [5.41, 5.74) is 1.89. The fraction of sp³-hybridized carbons (Fsp3) is 0.400. The first-order valence-electron chi connectivity index (χ1n) is 11.1. The summed E-state index contributed by atoms with van der Waals surface area (Å²) in [5, 5.41) is 9.87. The molecule has 0 radical (unpaired) electrons. The summed E-state index contributed by atoms with van der Waals surface area (Å²) < 4.78 is 14.1. The molecule has 1 fully saturated rings. The molecule has 3 aromatic rings. The lowest BCUT2D eigenvalue weighted by Crippen LogP contribution is -2.36. The van der Waals surface area contributed by atoms with Gasteiger partial charge in [0.2, 0.25) is 0 Å². The fourth-order valence-corrected chi connectivity index (χ4v) is 4.57. The van der Waals surface area contributed by atoms with Gasteiger partial charge < -0.3 is 14.4 Å². The third-order valence-electron chi connectivity index (χ3n) is 5.83. The molecule has 1 aliphatic heterocycles. The van der Waals surface area contributed by atoms with Crippen LogP contribution in [0, 0.1) is 11.3 Å². The number of hydrogen-bond donors (Lipinski definition) is 0. The molecule has 2 aromatic carbocycles. The van der Waals surface area contributed by atoms with Gasteiger partial charge in [0, 0.05) is 13.1 Å². The van der Waals surface area contributed by atoms with Gasteiger partial charge >= 0.3 is 11.8 Å². The van der Waals surface area contributed by atoms with Crippen molar-refractivity contribution in [2.45, 2.75) is 45.4 Å². The van der Waals surface area contributed by atoms with Crippen molar-refractivity contribution in [2.24, 2.45) is 0 Å². The minimum Gasteiger partial charge on any atom is -0.495 e. The molecule has 8 nitrogen and oxygen atoms in total. The van der Waals surface area contributed by atoms with E-state index in [1.807, 2.05) is 26.8 Å². The van der Waals surface area contributed by atoms with Crippen molar-refractivity contribution < 1.29 is 14.3 Å². The van der Waals surface area contributed by atoms with Crippen LogP contribution >= 0.6 is 11.6 Å². The Hall–Kier alpha value is -3.44. The number of nitriles is 1. The number of ether oxygens (including phenoxy) is 2. The molecule has 0 N–H and O–H groups in total. The quantitative estimate of drug-likeness (QED) is 0.543. The highest BCUT2D eigenvalue weighted by atomic mass is 35.5. The Labute approximate surface area is 202 Å². The summed E-state index contributed by atoms with van der Waals surface area (Å²) >= 11 is 6.29.